The fraction of sp³-hybridized carbons (Fsp3) is 0.733. The summed E-state index contributed by atoms with van der Waals surface area (Å²) in [6.07, 6.45) is 9.15. The average molecular weight is 295 g/mol. The van der Waals surface area contributed by atoms with Crippen LogP contribution in [0.1, 0.15) is 79.8 Å². The molecule has 0 saturated heterocycles. The molecule has 2 rings (SSSR count). The first kappa shape index (κ1) is 15.4. The molecule has 1 aliphatic rings. The Bertz CT molecular complexity index is 425. The van der Waals surface area contributed by atoms with Gasteiger partial charge in [-0.3, -0.25) is 4.79 Å². The summed E-state index contributed by atoms with van der Waals surface area (Å²) in [5.74, 6) is -0.0388. The Morgan fingerprint density at radius 2 is 2.15 bits per heavy atom. The number of thiazole rings is 1. The van der Waals surface area contributed by atoms with Crippen molar-refractivity contribution in [1.29, 1.82) is 0 Å². The van der Waals surface area contributed by atoms with Gasteiger partial charge in [0.25, 0.3) is 5.91 Å². The minimum absolute atomic E-state index is 0.0376. The van der Waals surface area contributed by atoms with Gasteiger partial charge in [-0.25, -0.2) is 4.98 Å². The maximum Gasteiger partial charge on any atom is 0.270 e. The molecule has 20 heavy (non-hydrogen) atoms. The number of carbonyl (C=O) groups excluding carboxylic acids is 1. The first-order valence-corrected chi connectivity index (χ1v) is 8.60. The van der Waals surface area contributed by atoms with Crippen LogP contribution in [0, 0.1) is 0 Å². The zero-order chi connectivity index (χ0) is 14.4. The molecule has 0 radical (unpaired) electrons. The van der Waals surface area contributed by atoms with Crippen molar-refractivity contribution in [1.82, 2.24) is 10.3 Å². The van der Waals surface area contributed by atoms with Gasteiger partial charge in [-0.2, -0.15) is 0 Å². The third-order valence-corrected chi connectivity index (χ3v) is 4.84. The number of hydrogen-bond acceptors (Lipinski definition) is 4. The predicted octanol–water partition coefficient (Wildman–Crippen LogP) is 3.40. The molecule has 1 amide bonds. The van der Waals surface area contributed by atoms with E-state index in [1.807, 2.05) is 5.38 Å². The lowest BCUT2D eigenvalue weighted by Gasteiger charge is -2.15. The summed E-state index contributed by atoms with van der Waals surface area (Å²) in [6, 6.07) is 0.281. The third kappa shape index (κ3) is 4.28. The lowest BCUT2D eigenvalue weighted by atomic mass is 10.1. The maximum absolute atomic E-state index is 12.2. The smallest absolute Gasteiger partial charge is 0.270 e. The van der Waals surface area contributed by atoms with Gasteiger partial charge >= 0.3 is 0 Å². The summed E-state index contributed by atoms with van der Waals surface area (Å²) in [5, 5.41) is 5.83. The van der Waals surface area contributed by atoms with E-state index in [0.717, 1.165) is 30.7 Å². The summed E-state index contributed by atoms with van der Waals surface area (Å²) in [6.45, 7) is 2.10. The van der Waals surface area contributed by atoms with E-state index in [0.29, 0.717) is 11.7 Å². The highest BCUT2D eigenvalue weighted by Gasteiger charge is 2.19. The molecule has 0 aromatic carbocycles. The Hall–Kier alpha value is -0.940. The highest BCUT2D eigenvalue weighted by Crippen LogP contribution is 2.21. The summed E-state index contributed by atoms with van der Waals surface area (Å²) in [4.78, 5) is 16.6. The Labute approximate surface area is 125 Å². The minimum atomic E-state index is -0.0388. The molecule has 1 atom stereocenters. The highest BCUT2D eigenvalue weighted by molar-refractivity contribution is 7.09. The molecule has 0 aliphatic heterocycles. The van der Waals surface area contributed by atoms with Gasteiger partial charge in [-0.05, 0) is 19.3 Å². The molecule has 1 aromatic heterocycles. The van der Waals surface area contributed by atoms with Crippen molar-refractivity contribution in [3.8, 4) is 0 Å². The van der Waals surface area contributed by atoms with Crippen LogP contribution in [0.4, 0.5) is 0 Å². The first-order valence-electron chi connectivity index (χ1n) is 7.72. The average Bonchev–Trinajstić information content (AvgIpc) is 2.79. The Morgan fingerprint density at radius 1 is 1.45 bits per heavy atom. The molecule has 3 N–H and O–H groups in total. The molecule has 112 valence electrons. The SMILES string of the molecule is CCCC(N)c1nc(C(=O)NC2CCCCCC2)cs1. The summed E-state index contributed by atoms with van der Waals surface area (Å²) < 4.78 is 0. The molecule has 1 heterocycles. The van der Waals surface area contributed by atoms with Gasteiger partial charge in [0.15, 0.2) is 0 Å². The largest absolute Gasteiger partial charge is 0.348 e. The Kier molecular flexibility index (Phi) is 5.98. The van der Waals surface area contributed by atoms with E-state index >= 15 is 0 Å². The number of nitrogens with zero attached hydrogens (tertiary/aromatic N) is 1. The van der Waals surface area contributed by atoms with E-state index in [4.69, 9.17) is 5.73 Å². The second kappa shape index (κ2) is 7.74. The number of amides is 1. The normalized spacial score (nSPS) is 18.5. The van der Waals surface area contributed by atoms with Crippen molar-refractivity contribution >= 4 is 17.2 Å². The minimum Gasteiger partial charge on any atom is -0.348 e. The Balaban J connectivity index is 1.91. The highest BCUT2D eigenvalue weighted by atomic mass is 32.1. The van der Waals surface area contributed by atoms with Gasteiger partial charge in [0.2, 0.25) is 0 Å². The number of rotatable bonds is 5. The number of nitrogens with one attached hydrogen (secondary N) is 1. The van der Waals surface area contributed by atoms with Gasteiger partial charge in [-0.15, -0.1) is 11.3 Å². The van der Waals surface area contributed by atoms with Crippen molar-refractivity contribution in [3.05, 3.63) is 16.1 Å². The predicted molar refractivity (Wildman–Crippen MR) is 82.9 cm³/mol. The molecule has 4 nitrogen and oxygen atoms in total. The topological polar surface area (TPSA) is 68.0 Å². The van der Waals surface area contributed by atoms with Crippen LogP contribution in [-0.4, -0.2) is 16.9 Å². The van der Waals surface area contributed by atoms with E-state index in [1.165, 1.54) is 37.0 Å². The molecule has 1 aromatic rings. The lowest BCUT2D eigenvalue weighted by Crippen LogP contribution is -2.34. The van der Waals surface area contributed by atoms with Gasteiger partial charge in [-0.1, -0.05) is 39.0 Å². The first-order chi connectivity index (χ1) is 9.70. The molecular formula is C15H25N3OS. The van der Waals surface area contributed by atoms with Crippen molar-refractivity contribution in [2.45, 2.75) is 70.4 Å². The van der Waals surface area contributed by atoms with Crippen LogP contribution in [0.25, 0.3) is 0 Å². The zero-order valence-electron chi connectivity index (χ0n) is 12.2. The van der Waals surface area contributed by atoms with Gasteiger partial charge in [0.1, 0.15) is 10.7 Å². The van der Waals surface area contributed by atoms with Crippen LogP contribution in [0.2, 0.25) is 0 Å². The second-order valence-corrected chi connectivity index (χ2v) is 6.52. The molecule has 1 unspecified atom stereocenters. The second-order valence-electron chi connectivity index (χ2n) is 5.63. The van der Waals surface area contributed by atoms with Crippen molar-refractivity contribution in [2.75, 3.05) is 0 Å². The van der Waals surface area contributed by atoms with Gasteiger partial charge in [0.05, 0.1) is 6.04 Å². The lowest BCUT2D eigenvalue weighted by molar-refractivity contribution is 0.0929. The van der Waals surface area contributed by atoms with E-state index in [2.05, 4.69) is 17.2 Å². The van der Waals surface area contributed by atoms with E-state index in [-0.39, 0.29) is 11.9 Å². The molecule has 0 bridgehead atoms. The number of nitrogens with two attached hydrogens (primary N) is 1. The number of carbonyl (C=O) groups is 1. The Morgan fingerprint density at radius 3 is 2.80 bits per heavy atom. The van der Waals surface area contributed by atoms with Crippen LogP contribution < -0.4 is 11.1 Å². The summed E-state index contributed by atoms with van der Waals surface area (Å²) >= 11 is 1.50. The third-order valence-electron chi connectivity index (χ3n) is 3.86. The van der Waals surface area contributed by atoms with Crippen LogP contribution in [0.5, 0.6) is 0 Å². The van der Waals surface area contributed by atoms with E-state index < -0.39 is 0 Å². The van der Waals surface area contributed by atoms with E-state index in [1.54, 1.807) is 0 Å². The zero-order valence-corrected chi connectivity index (χ0v) is 13.0. The van der Waals surface area contributed by atoms with Crippen molar-refractivity contribution < 1.29 is 4.79 Å². The molecule has 1 saturated carbocycles. The van der Waals surface area contributed by atoms with Gasteiger partial charge < -0.3 is 11.1 Å². The molecule has 1 fully saturated rings. The molecule has 1 aliphatic carbocycles. The van der Waals surface area contributed by atoms with Crippen molar-refractivity contribution in [3.63, 3.8) is 0 Å². The van der Waals surface area contributed by atoms with Crippen LogP contribution in [0.15, 0.2) is 5.38 Å². The molecular weight excluding hydrogens is 270 g/mol. The monoisotopic (exact) mass is 295 g/mol. The number of aromatic nitrogens is 1. The maximum atomic E-state index is 12.2. The van der Waals surface area contributed by atoms with Crippen LogP contribution in [-0.2, 0) is 0 Å². The summed E-state index contributed by atoms with van der Waals surface area (Å²) in [5.41, 5.74) is 6.57. The van der Waals surface area contributed by atoms with Gasteiger partial charge in [0, 0.05) is 11.4 Å². The standard InChI is InChI=1S/C15H25N3OS/c1-2-7-12(16)15-18-13(10-20-15)14(19)17-11-8-5-3-4-6-9-11/h10-12H,2-9,16H2,1H3,(H,17,19). The van der Waals surface area contributed by atoms with Crippen LogP contribution in [0.3, 0.4) is 0 Å². The van der Waals surface area contributed by atoms with E-state index in [9.17, 15) is 4.79 Å². The number of hydrogen-bond donors (Lipinski definition) is 2. The van der Waals surface area contributed by atoms with Crippen molar-refractivity contribution in [2.24, 2.45) is 5.73 Å². The van der Waals surface area contributed by atoms with Crippen LogP contribution >= 0.6 is 11.3 Å². The fourth-order valence-electron chi connectivity index (χ4n) is 2.68. The quantitative estimate of drug-likeness (QED) is 0.818. The molecule has 5 heteroatoms. The summed E-state index contributed by atoms with van der Waals surface area (Å²) in [7, 11) is 0. The fourth-order valence-corrected chi connectivity index (χ4v) is 3.52. The molecule has 0 spiro atoms.